The van der Waals surface area contributed by atoms with Gasteiger partial charge < -0.3 is 16.8 Å². The molecule has 5 N–H and O–H groups in total. The standard InChI is InChI=1S/C7H10N5O2/c8-3-4-10-6-2-1-5(12(13)14)7(9)11-6/h1-3H,4,8H2,(H3,9,10,11). The molecule has 1 aromatic rings. The molecular weight excluding hydrogens is 186 g/mol. The lowest BCUT2D eigenvalue weighted by atomic mass is 10.4. The Morgan fingerprint density at radius 3 is 2.86 bits per heavy atom. The van der Waals surface area contributed by atoms with Crippen molar-refractivity contribution in [3.63, 3.8) is 0 Å². The second kappa shape index (κ2) is 4.38. The van der Waals surface area contributed by atoms with Crippen molar-refractivity contribution >= 4 is 17.3 Å². The van der Waals surface area contributed by atoms with Crippen LogP contribution in [-0.4, -0.2) is 16.5 Å². The highest BCUT2D eigenvalue weighted by Crippen LogP contribution is 2.20. The predicted molar refractivity (Wildman–Crippen MR) is 52.3 cm³/mol. The molecule has 0 aromatic carbocycles. The van der Waals surface area contributed by atoms with Gasteiger partial charge in [-0.15, -0.1) is 0 Å². The summed E-state index contributed by atoms with van der Waals surface area (Å²) >= 11 is 0. The van der Waals surface area contributed by atoms with E-state index in [9.17, 15) is 10.1 Å². The fraction of sp³-hybridized carbons (Fsp3) is 0.143. The number of rotatable bonds is 4. The van der Waals surface area contributed by atoms with E-state index in [0.29, 0.717) is 12.4 Å². The van der Waals surface area contributed by atoms with Crippen molar-refractivity contribution in [1.29, 1.82) is 0 Å². The molecule has 0 amide bonds. The zero-order chi connectivity index (χ0) is 10.6. The first-order valence-corrected chi connectivity index (χ1v) is 3.83. The minimum Gasteiger partial charge on any atom is -0.378 e. The van der Waals surface area contributed by atoms with Crippen molar-refractivity contribution in [3.05, 3.63) is 28.8 Å². The van der Waals surface area contributed by atoms with Gasteiger partial charge in [0.25, 0.3) is 0 Å². The molecule has 75 valence electrons. The van der Waals surface area contributed by atoms with Gasteiger partial charge in [-0.2, -0.15) is 0 Å². The van der Waals surface area contributed by atoms with Gasteiger partial charge in [0, 0.05) is 19.2 Å². The van der Waals surface area contributed by atoms with E-state index in [1.165, 1.54) is 18.7 Å². The van der Waals surface area contributed by atoms with Crippen molar-refractivity contribution in [2.24, 2.45) is 5.73 Å². The topological polar surface area (TPSA) is 120 Å². The smallest absolute Gasteiger partial charge is 0.311 e. The quantitative estimate of drug-likeness (QED) is 0.464. The first-order chi connectivity index (χ1) is 6.65. The molecule has 0 saturated carbocycles. The highest BCUT2D eigenvalue weighted by atomic mass is 16.6. The molecule has 1 radical (unpaired) electrons. The molecule has 1 rings (SSSR count). The summed E-state index contributed by atoms with van der Waals surface area (Å²) in [6.45, 7) is 1.82. The Labute approximate surface area is 80.3 Å². The average molecular weight is 196 g/mol. The lowest BCUT2D eigenvalue weighted by molar-refractivity contribution is -0.384. The van der Waals surface area contributed by atoms with Gasteiger partial charge in [0.1, 0.15) is 5.82 Å². The summed E-state index contributed by atoms with van der Waals surface area (Å²) in [7, 11) is 0. The molecule has 0 aliphatic rings. The SMILES string of the molecule is N[CH]CNc1ccc([N+](=O)[O-])c(N)n1. The molecule has 0 aliphatic carbocycles. The average Bonchev–Trinajstić information content (AvgIpc) is 2.14. The Balaban J connectivity index is 2.83. The van der Waals surface area contributed by atoms with E-state index in [0.717, 1.165) is 0 Å². The zero-order valence-electron chi connectivity index (χ0n) is 7.30. The highest BCUT2D eigenvalue weighted by Gasteiger charge is 2.12. The van der Waals surface area contributed by atoms with Crippen LogP contribution in [0.5, 0.6) is 0 Å². The second-order valence-electron chi connectivity index (χ2n) is 2.47. The molecule has 0 saturated heterocycles. The summed E-state index contributed by atoms with van der Waals surface area (Å²) in [6.07, 6.45) is 0. The summed E-state index contributed by atoms with van der Waals surface area (Å²) in [4.78, 5) is 13.6. The van der Waals surface area contributed by atoms with E-state index in [-0.39, 0.29) is 11.5 Å². The number of anilines is 2. The molecule has 1 aromatic heterocycles. The van der Waals surface area contributed by atoms with Crippen LogP contribution >= 0.6 is 0 Å². The lowest BCUT2D eigenvalue weighted by Crippen LogP contribution is -2.09. The number of hydrogen-bond acceptors (Lipinski definition) is 6. The summed E-state index contributed by atoms with van der Waals surface area (Å²) in [6, 6.07) is 2.76. The summed E-state index contributed by atoms with van der Waals surface area (Å²) in [5.74, 6) is 0.340. The zero-order valence-corrected chi connectivity index (χ0v) is 7.30. The molecule has 0 bridgehead atoms. The maximum atomic E-state index is 10.4. The third-order valence-electron chi connectivity index (χ3n) is 1.50. The fourth-order valence-electron chi connectivity index (χ4n) is 0.884. The van der Waals surface area contributed by atoms with E-state index in [1.54, 1.807) is 0 Å². The van der Waals surface area contributed by atoms with Gasteiger partial charge in [-0.1, -0.05) is 0 Å². The molecule has 0 fully saturated rings. The number of nitrogen functional groups attached to an aromatic ring is 1. The predicted octanol–water partition coefficient (Wildman–Crippen LogP) is 0.104. The molecule has 7 heteroatoms. The largest absolute Gasteiger partial charge is 0.378 e. The molecule has 14 heavy (non-hydrogen) atoms. The first-order valence-electron chi connectivity index (χ1n) is 3.83. The second-order valence-corrected chi connectivity index (χ2v) is 2.47. The number of nitrogens with one attached hydrogen (secondary N) is 1. The van der Waals surface area contributed by atoms with Crippen molar-refractivity contribution < 1.29 is 4.92 Å². The first kappa shape index (κ1) is 10.2. The van der Waals surface area contributed by atoms with Crippen molar-refractivity contribution in [2.45, 2.75) is 0 Å². The summed E-state index contributed by atoms with van der Waals surface area (Å²) in [5.41, 5.74) is 10.3. The molecular formula is C7H10N5O2. The molecule has 7 nitrogen and oxygen atoms in total. The van der Waals surface area contributed by atoms with Crippen LogP contribution in [0.2, 0.25) is 0 Å². The molecule has 0 unspecified atom stereocenters. The van der Waals surface area contributed by atoms with Crippen LogP contribution in [0.15, 0.2) is 12.1 Å². The number of hydrogen-bond donors (Lipinski definition) is 3. The van der Waals surface area contributed by atoms with Crippen LogP contribution in [0, 0.1) is 16.7 Å². The highest BCUT2D eigenvalue weighted by molar-refractivity contribution is 5.57. The van der Waals surface area contributed by atoms with Gasteiger partial charge in [-0.25, -0.2) is 4.98 Å². The van der Waals surface area contributed by atoms with Gasteiger partial charge in [-0.3, -0.25) is 10.1 Å². The number of nitrogens with two attached hydrogens (primary N) is 2. The lowest BCUT2D eigenvalue weighted by Gasteiger charge is -2.03. The van der Waals surface area contributed by atoms with E-state index < -0.39 is 4.92 Å². The van der Waals surface area contributed by atoms with Crippen molar-refractivity contribution in [1.82, 2.24) is 4.98 Å². The molecule has 0 atom stereocenters. The molecule has 0 aliphatic heterocycles. The Hall–Kier alpha value is -1.89. The third kappa shape index (κ3) is 2.30. The van der Waals surface area contributed by atoms with Gasteiger partial charge in [-0.05, 0) is 6.07 Å². The monoisotopic (exact) mass is 196 g/mol. The Morgan fingerprint density at radius 1 is 1.64 bits per heavy atom. The minimum absolute atomic E-state index is 0.114. The van der Waals surface area contributed by atoms with Crippen LogP contribution in [0.4, 0.5) is 17.3 Å². The fourth-order valence-corrected chi connectivity index (χ4v) is 0.884. The van der Waals surface area contributed by atoms with Crippen LogP contribution in [0.3, 0.4) is 0 Å². The maximum absolute atomic E-state index is 10.4. The Bertz CT molecular complexity index is 341. The number of aromatic nitrogens is 1. The van der Waals surface area contributed by atoms with Crippen LogP contribution in [-0.2, 0) is 0 Å². The molecule has 1 heterocycles. The van der Waals surface area contributed by atoms with E-state index >= 15 is 0 Å². The third-order valence-corrected chi connectivity index (χ3v) is 1.50. The van der Waals surface area contributed by atoms with Crippen LogP contribution in [0.25, 0.3) is 0 Å². The van der Waals surface area contributed by atoms with E-state index in [4.69, 9.17) is 11.5 Å². The van der Waals surface area contributed by atoms with E-state index in [1.807, 2.05) is 0 Å². The van der Waals surface area contributed by atoms with Gasteiger partial charge in [0.15, 0.2) is 0 Å². The van der Waals surface area contributed by atoms with Gasteiger partial charge in [0.05, 0.1) is 4.92 Å². The molecule has 0 spiro atoms. The normalized spacial score (nSPS) is 9.79. The summed E-state index contributed by atoms with van der Waals surface area (Å²) in [5, 5.41) is 13.2. The van der Waals surface area contributed by atoms with Crippen molar-refractivity contribution in [2.75, 3.05) is 17.6 Å². The number of nitrogens with zero attached hydrogens (tertiary/aromatic N) is 2. The summed E-state index contributed by atoms with van der Waals surface area (Å²) < 4.78 is 0. The number of nitro groups is 1. The van der Waals surface area contributed by atoms with Crippen LogP contribution in [0.1, 0.15) is 0 Å². The van der Waals surface area contributed by atoms with Gasteiger partial charge in [0.2, 0.25) is 5.82 Å². The Kier molecular flexibility index (Phi) is 3.19. The maximum Gasteiger partial charge on any atom is 0.311 e. The minimum atomic E-state index is -0.582. The van der Waals surface area contributed by atoms with E-state index in [2.05, 4.69) is 10.3 Å². The van der Waals surface area contributed by atoms with Crippen LogP contribution < -0.4 is 16.8 Å². The number of pyridine rings is 1. The van der Waals surface area contributed by atoms with Crippen molar-refractivity contribution in [3.8, 4) is 0 Å². The Morgan fingerprint density at radius 2 is 2.36 bits per heavy atom. The van der Waals surface area contributed by atoms with Gasteiger partial charge >= 0.3 is 5.69 Å².